The van der Waals surface area contributed by atoms with Crippen molar-refractivity contribution >= 4 is 22.9 Å². The van der Waals surface area contributed by atoms with Gasteiger partial charge >= 0.3 is 0 Å². The molecule has 0 unspecified atom stereocenters. The molecule has 8 nitrogen and oxygen atoms in total. The van der Waals surface area contributed by atoms with Crippen LogP contribution in [0.25, 0.3) is 22.4 Å². The number of hydrogen-bond donors (Lipinski definition) is 2. The fourth-order valence-electron chi connectivity index (χ4n) is 2.84. The number of primary amides is 1. The molecule has 28 heavy (non-hydrogen) atoms. The second-order valence-electron chi connectivity index (χ2n) is 6.03. The van der Waals surface area contributed by atoms with E-state index >= 15 is 0 Å². The smallest absolute Gasteiger partial charge is 0.251 e. The Kier molecular flexibility index (Phi) is 3.95. The lowest BCUT2D eigenvalue weighted by Crippen LogP contribution is -2.17. The first-order valence-corrected chi connectivity index (χ1v) is 8.02. The van der Waals surface area contributed by atoms with Crippen LogP contribution in [0.15, 0.2) is 36.9 Å². The number of hydrogen-bond acceptors (Lipinski definition) is 5. The highest BCUT2D eigenvalue weighted by Gasteiger charge is 2.26. The van der Waals surface area contributed by atoms with Crippen molar-refractivity contribution in [1.29, 1.82) is 0 Å². The van der Waals surface area contributed by atoms with Gasteiger partial charge < -0.3 is 10.7 Å². The van der Waals surface area contributed by atoms with Crippen molar-refractivity contribution in [3.8, 4) is 11.3 Å². The van der Waals surface area contributed by atoms with E-state index in [1.807, 2.05) is 0 Å². The van der Waals surface area contributed by atoms with Gasteiger partial charge in [0.15, 0.2) is 5.65 Å². The van der Waals surface area contributed by atoms with E-state index in [1.165, 1.54) is 12.4 Å². The summed E-state index contributed by atoms with van der Waals surface area (Å²) in [6.07, 6.45) is 6.02. The average molecular weight is 382 g/mol. The Morgan fingerprint density at radius 2 is 1.96 bits per heavy atom. The summed E-state index contributed by atoms with van der Waals surface area (Å²) in [7, 11) is 1.73. The maximum Gasteiger partial charge on any atom is 0.251 e. The van der Waals surface area contributed by atoms with Crippen molar-refractivity contribution in [1.82, 2.24) is 24.7 Å². The highest BCUT2D eigenvalue weighted by Crippen LogP contribution is 2.25. The highest BCUT2D eigenvalue weighted by atomic mass is 19.1. The summed E-state index contributed by atoms with van der Waals surface area (Å²) in [5.41, 5.74) is 5.02. The lowest BCUT2D eigenvalue weighted by molar-refractivity contribution is 0.0996. The molecule has 4 aromatic rings. The van der Waals surface area contributed by atoms with Crippen LogP contribution in [-0.2, 0) is 7.05 Å². The number of amides is 1. The molecule has 3 N–H and O–H groups in total. The number of ketones is 1. The predicted molar refractivity (Wildman–Crippen MR) is 94.4 cm³/mol. The minimum Gasteiger partial charge on any atom is -0.366 e. The van der Waals surface area contributed by atoms with Crippen molar-refractivity contribution in [3.05, 3.63) is 65.2 Å². The summed E-state index contributed by atoms with van der Waals surface area (Å²) >= 11 is 0. The fraction of sp³-hybridized carbons (Fsp3) is 0.0556. The second kappa shape index (κ2) is 6.34. The maximum atomic E-state index is 14.6. The third-order valence-corrected chi connectivity index (χ3v) is 4.21. The Morgan fingerprint density at radius 3 is 2.64 bits per heavy atom. The van der Waals surface area contributed by atoms with E-state index in [9.17, 15) is 18.4 Å². The molecule has 4 rings (SSSR count). The molecule has 1 amide bonds. The first-order valence-electron chi connectivity index (χ1n) is 8.02. The first-order chi connectivity index (χ1) is 13.4. The Balaban J connectivity index is 1.87. The first kappa shape index (κ1) is 17.5. The Morgan fingerprint density at radius 1 is 1.18 bits per heavy atom. The third kappa shape index (κ3) is 2.71. The molecule has 0 aliphatic carbocycles. The topological polar surface area (TPSA) is 120 Å². The Hall–Kier alpha value is -3.95. The molecule has 1 aromatic carbocycles. The van der Waals surface area contributed by atoms with Gasteiger partial charge in [-0.05, 0) is 12.1 Å². The molecule has 0 fully saturated rings. The zero-order valence-electron chi connectivity index (χ0n) is 14.4. The number of fused-ring (bicyclic) bond motifs is 1. The maximum absolute atomic E-state index is 14.6. The summed E-state index contributed by atoms with van der Waals surface area (Å²) in [6, 6.07) is 1.71. The number of carbonyl (C=O) groups is 2. The number of halogens is 2. The van der Waals surface area contributed by atoms with Crippen molar-refractivity contribution in [3.63, 3.8) is 0 Å². The molecule has 10 heteroatoms. The number of nitrogens with zero attached hydrogens (tertiary/aromatic N) is 4. The molecule has 0 atom stereocenters. The molecule has 140 valence electrons. The van der Waals surface area contributed by atoms with Crippen LogP contribution in [-0.4, -0.2) is 36.4 Å². The van der Waals surface area contributed by atoms with Gasteiger partial charge in [0.2, 0.25) is 5.78 Å². The molecule has 0 aliphatic rings. The van der Waals surface area contributed by atoms with Gasteiger partial charge in [-0.2, -0.15) is 5.10 Å². The van der Waals surface area contributed by atoms with Crippen LogP contribution < -0.4 is 5.73 Å². The van der Waals surface area contributed by atoms with E-state index in [0.29, 0.717) is 11.3 Å². The number of aryl methyl sites for hydroxylation is 1. The molecule has 0 saturated heterocycles. The zero-order chi connectivity index (χ0) is 20.0. The highest BCUT2D eigenvalue weighted by molar-refractivity contribution is 6.16. The van der Waals surface area contributed by atoms with Gasteiger partial charge in [0.05, 0.1) is 34.8 Å². The van der Waals surface area contributed by atoms with Crippen LogP contribution in [0.4, 0.5) is 8.78 Å². The lowest BCUT2D eigenvalue weighted by Gasteiger charge is -2.06. The molecule has 3 heterocycles. The van der Waals surface area contributed by atoms with Crippen molar-refractivity contribution < 1.29 is 18.4 Å². The van der Waals surface area contributed by atoms with Crippen LogP contribution in [0.5, 0.6) is 0 Å². The summed E-state index contributed by atoms with van der Waals surface area (Å²) in [6.45, 7) is 0. The van der Waals surface area contributed by atoms with E-state index in [0.717, 1.165) is 12.1 Å². The predicted octanol–water partition coefficient (Wildman–Crippen LogP) is 1.97. The summed E-state index contributed by atoms with van der Waals surface area (Å²) in [5.74, 6) is -4.52. The normalized spacial score (nSPS) is 11.1. The van der Waals surface area contributed by atoms with Crippen molar-refractivity contribution in [2.24, 2.45) is 12.8 Å². The largest absolute Gasteiger partial charge is 0.366 e. The standard InChI is InChI=1S/C18H12F2N6O2/c1-26-7-8(4-24-26)12-6-23-18-15(25-12)10(5-22-18)16(27)13-11(19)3-2-9(14(13)20)17(21)28/h2-7H,1H3,(H2,21,28)(H,22,23). The van der Waals surface area contributed by atoms with Crippen molar-refractivity contribution in [2.45, 2.75) is 0 Å². The van der Waals surface area contributed by atoms with E-state index in [2.05, 4.69) is 20.1 Å². The molecule has 0 saturated carbocycles. The monoisotopic (exact) mass is 382 g/mol. The van der Waals surface area contributed by atoms with Crippen LogP contribution in [0.2, 0.25) is 0 Å². The minimum atomic E-state index is -1.32. The van der Waals surface area contributed by atoms with Crippen LogP contribution in [0.3, 0.4) is 0 Å². The number of aromatic nitrogens is 5. The van der Waals surface area contributed by atoms with Gasteiger partial charge in [-0.15, -0.1) is 0 Å². The fourth-order valence-corrected chi connectivity index (χ4v) is 2.84. The summed E-state index contributed by atoms with van der Waals surface area (Å²) < 4.78 is 30.3. The van der Waals surface area contributed by atoms with Crippen molar-refractivity contribution in [2.75, 3.05) is 0 Å². The zero-order valence-corrected chi connectivity index (χ0v) is 14.4. The van der Waals surface area contributed by atoms with E-state index < -0.39 is 34.5 Å². The molecule has 3 aromatic heterocycles. The molecule has 0 radical (unpaired) electrons. The quantitative estimate of drug-likeness (QED) is 0.523. The number of aromatic amines is 1. The average Bonchev–Trinajstić information content (AvgIpc) is 3.26. The number of benzene rings is 1. The third-order valence-electron chi connectivity index (χ3n) is 4.21. The molecular weight excluding hydrogens is 370 g/mol. The Bertz CT molecular complexity index is 1260. The number of H-pyrrole nitrogens is 1. The van der Waals surface area contributed by atoms with E-state index in [1.54, 1.807) is 24.1 Å². The van der Waals surface area contributed by atoms with Gasteiger partial charge in [0, 0.05) is 25.0 Å². The number of nitrogens with two attached hydrogens (primary N) is 1. The van der Waals surface area contributed by atoms with Gasteiger partial charge in [-0.1, -0.05) is 0 Å². The van der Waals surface area contributed by atoms with Gasteiger partial charge in [0.1, 0.15) is 17.2 Å². The number of carbonyl (C=O) groups excluding carboxylic acids is 2. The minimum absolute atomic E-state index is 0.0901. The van der Waals surface area contributed by atoms with Crippen LogP contribution in [0, 0.1) is 11.6 Å². The lowest BCUT2D eigenvalue weighted by atomic mass is 10.0. The SMILES string of the molecule is Cn1cc(-c2cnc3[nH]cc(C(=O)c4c(F)ccc(C(N)=O)c4F)c3n2)cn1. The Labute approximate surface area is 156 Å². The van der Waals surface area contributed by atoms with Crippen LogP contribution in [0.1, 0.15) is 26.3 Å². The van der Waals surface area contributed by atoms with Gasteiger partial charge in [-0.3, -0.25) is 14.3 Å². The molecule has 0 aliphatic heterocycles. The van der Waals surface area contributed by atoms with Gasteiger partial charge in [0.25, 0.3) is 5.91 Å². The summed E-state index contributed by atoms with van der Waals surface area (Å²) in [5, 5.41) is 4.05. The summed E-state index contributed by atoms with van der Waals surface area (Å²) in [4.78, 5) is 35.5. The van der Waals surface area contributed by atoms with E-state index in [-0.39, 0.29) is 16.7 Å². The number of rotatable bonds is 4. The number of nitrogens with one attached hydrogen (secondary N) is 1. The van der Waals surface area contributed by atoms with Gasteiger partial charge in [-0.25, -0.2) is 18.7 Å². The molecular formula is C18H12F2N6O2. The van der Waals surface area contributed by atoms with Crippen LogP contribution >= 0.6 is 0 Å². The molecule has 0 spiro atoms. The second-order valence-corrected chi connectivity index (χ2v) is 6.03. The van der Waals surface area contributed by atoms with E-state index in [4.69, 9.17) is 5.73 Å². The molecule has 0 bridgehead atoms.